The average molecular weight is 233 g/mol. The first kappa shape index (κ1) is 10.6. The molecule has 0 radical (unpaired) electrons. The molecule has 72 valence electrons. The first-order chi connectivity index (χ1) is 5.68. The molecule has 2 atom stereocenters. The molecule has 0 nitrogen and oxygen atoms in total. The fourth-order valence-corrected chi connectivity index (χ4v) is 3.24. The van der Waals surface area contributed by atoms with E-state index in [2.05, 4.69) is 36.7 Å². The lowest BCUT2D eigenvalue weighted by Gasteiger charge is -2.19. The van der Waals surface area contributed by atoms with E-state index < -0.39 is 0 Å². The van der Waals surface area contributed by atoms with Gasteiger partial charge in [0.2, 0.25) is 0 Å². The maximum absolute atomic E-state index is 3.66. The largest absolute Gasteiger partial charge is 0.0922 e. The molecule has 0 bridgehead atoms. The number of alkyl halides is 1. The maximum Gasteiger partial charge on any atom is 0.00907 e. The van der Waals surface area contributed by atoms with E-state index in [0.29, 0.717) is 5.41 Å². The smallest absolute Gasteiger partial charge is 0.00907 e. The Kier molecular flexibility index (Phi) is 3.63. The predicted molar refractivity (Wildman–Crippen MR) is 58.7 cm³/mol. The van der Waals surface area contributed by atoms with E-state index in [1.165, 1.54) is 31.0 Å². The van der Waals surface area contributed by atoms with Crippen LogP contribution in [0, 0.1) is 17.3 Å². The molecule has 0 aromatic carbocycles. The lowest BCUT2D eigenvalue weighted by Crippen LogP contribution is -2.11. The van der Waals surface area contributed by atoms with E-state index in [9.17, 15) is 0 Å². The predicted octanol–water partition coefficient (Wildman–Crippen LogP) is 4.23. The van der Waals surface area contributed by atoms with E-state index in [1.807, 2.05) is 0 Å². The summed E-state index contributed by atoms with van der Waals surface area (Å²) < 4.78 is 0. The van der Waals surface area contributed by atoms with Crippen LogP contribution in [0.5, 0.6) is 0 Å². The van der Waals surface area contributed by atoms with Crippen molar-refractivity contribution in [1.29, 1.82) is 0 Å². The number of hydrogen-bond acceptors (Lipinski definition) is 0. The molecule has 1 fully saturated rings. The van der Waals surface area contributed by atoms with Crippen molar-refractivity contribution in [2.45, 2.75) is 46.5 Å². The van der Waals surface area contributed by atoms with Crippen LogP contribution >= 0.6 is 15.9 Å². The minimum atomic E-state index is 0.691. The van der Waals surface area contributed by atoms with Crippen LogP contribution in [0.25, 0.3) is 0 Å². The van der Waals surface area contributed by atoms with Crippen molar-refractivity contribution in [2.24, 2.45) is 17.3 Å². The Morgan fingerprint density at radius 1 is 1.42 bits per heavy atom. The molecule has 0 amide bonds. The lowest BCUT2D eigenvalue weighted by atomic mass is 9.88. The fraction of sp³-hybridized carbons (Fsp3) is 1.00. The van der Waals surface area contributed by atoms with Crippen LogP contribution in [0.4, 0.5) is 0 Å². The Morgan fingerprint density at radius 2 is 1.92 bits per heavy atom. The topological polar surface area (TPSA) is 0 Å². The summed E-state index contributed by atoms with van der Waals surface area (Å²) in [6.45, 7) is 7.04. The van der Waals surface area contributed by atoms with Gasteiger partial charge in [0.15, 0.2) is 0 Å². The van der Waals surface area contributed by atoms with Crippen LogP contribution in [0.2, 0.25) is 0 Å². The highest BCUT2D eigenvalue weighted by molar-refractivity contribution is 9.09. The highest BCUT2D eigenvalue weighted by Gasteiger charge is 2.50. The molecule has 0 aromatic heterocycles. The fourth-order valence-electron chi connectivity index (χ4n) is 2.23. The van der Waals surface area contributed by atoms with E-state index in [-0.39, 0.29) is 0 Å². The van der Waals surface area contributed by atoms with Gasteiger partial charge in [0.05, 0.1) is 0 Å². The second kappa shape index (κ2) is 4.13. The highest BCUT2D eigenvalue weighted by Crippen LogP contribution is 2.57. The molecule has 1 aliphatic carbocycles. The molecule has 1 saturated carbocycles. The standard InChI is InChI=1S/C11H21Br/c1-4-10(5-2)7-11(8-12)6-9(11)3/h9-10H,4-8H2,1-3H3. The first-order valence-electron chi connectivity index (χ1n) is 5.24. The van der Waals surface area contributed by atoms with Gasteiger partial charge in [-0.05, 0) is 30.1 Å². The Bertz CT molecular complexity index is 136. The quantitative estimate of drug-likeness (QED) is 0.623. The van der Waals surface area contributed by atoms with Gasteiger partial charge in [0.1, 0.15) is 0 Å². The monoisotopic (exact) mass is 232 g/mol. The van der Waals surface area contributed by atoms with E-state index in [1.54, 1.807) is 0 Å². The highest BCUT2D eigenvalue weighted by atomic mass is 79.9. The van der Waals surface area contributed by atoms with Gasteiger partial charge in [0, 0.05) is 5.33 Å². The zero-order valence-electron chi connectivity index (χ0n) is 8.57. The van der Waals surface area contributed by atoms with Crippen LogP contribution in [0.3, 0.4) is 0 Å². The molecule has 0 heterocycles. The summed E-state index contributed by atoms with van der Waals surface area (Å²) in [5.41, 5.74) is 0.691. The normalized spacial score (nSPS) is 34.2. The minimum Gasteiger partial charge on any atom is -0.0922 e. The molecule has 0 aromatic rings. The van der Waals surface area contributed by atoms with Crippen LogP contribution in [0.1, 0.15) is 46.5 Å². The molecule has 1 heteroatoms. The van der Waals surface area contributed by atoms with Gasteiger partial charge in [-0.2, -0.15) is 0 Å². The number of rotatable bonds is 5. The van der Waals surface area contributed by atoms with E-state index in [0.717, 1.165) is 11.8 Å². The van der Waals surface area contributed by atoms with E-state index >= 15 is 0 Å². The number of halogens is 1. The van der Waals surface area contributed by atoms with Crippen molar-refractivity contribution in [3.8, 4) is 0 Å². The maximum atomic E-state index is 3.66. The molecule has 0 N–H and O–H groups in total. The third-order valence-electron chi connectivity index (χ3n) is 3.71. The Hall–Kier alpha value is 0.480. The third kappa shape index (κ3) is 2.04. The van der Waals surface area contributed by atoms with Crippen LogP contribution in [0.15, 0.2) is 0 Å². The SMILES string of the molecule is CCC(CC)CC1(CBr)CC1C. The minimum absolute atomic E-state index is 0.691. The summed E-state index contributed by atoms with van der Waals surface area (Å²) in [6.07, 6.45) is 5.62. The molecular formula is C11H21Br. The van der Waals surface area contributed by atoms with Crippen LogP contribution < -0.4 is 0 Å². The Balaban J connectivity index is 2.38. The van der Waals surface area contributed by atoms with Crippen molar-refractivity contribution in [2.75, 3.05) is 5.33 Å². The van der Waals surface area contributed by atoms with Crippen molar-refractivity contribution >= 4 is 15.9 Å². The third-order valence-corrected chi connectivity index (χ3v) is 4.83. The summed E-state index contributed by atoms with van der Waals surface area (Å²) in [4.78, 5) is 0. The summed E-state index contributed by atoms with van der Waals surface area (Å²) in [7, 11) is 0. The second-order valence-electron chi connectivity index (χ2n) is 4.49. The number of hydrogen-bond donors (Lipinski definition) is 0. The second-order valence-corrected chi connectivity index (χ2v) is 5.05. The van der Waals surface area contributed by atoms with Crippen molar-refractivity contribution in [3.63, 3.8) is 0 Å². The van der Waals surface area contributed by atoms with Gasteiger partial charge in [-0.3, -0.25) is 0 Å². The van der Waals surface area contributed by atoms with Crippen LogP contribution in [-0.4, -0.2) is 5.33 Å². The van der Waals surface area contributed by atoms with Gasteiger partial charge in [-0.15, -0.1) is 0 Å². The summed E-state index contributed by atoms with van der Waals surface area (Å²) in [5.74, 6) is 1.94. The molecule has 0 saturated heterocycles. The molecule has 12 heavy (non-hydrogen) atoms. The summed E-state index contributed by atoms with van der Waals surface area (Å²) in [5, 5.41) is 1.22. The van der Waals surface area contributed by atoms with Gasteiger partial charge in [-0.1, -0.05) is 49.5 Å². The molecular weight excluding hydrogens is 212 g/mol. The van der Waals surface area contributed by atoms with Crippen molar-refractivity contribution in [1.82, 2.24) is 0 Å². The first-order valence-corrected chi connectivity index (χ1v) is 6.36. The van der Waals surface area contributed by atoms with E-state index in [4.69, 9.17) is 0 Å². The van der Waals surface area contributed by atoms with Gasteiger partial charge in [0.25, 0.3) is 0 Å². The van der Waals surface area contributed by atoms with Crippen LogP contribution in [-0.2, 0) is 0 Å². The van der Waals surface area contributed by atoms with Crippen molar-refractivity contribution < 1.29 is 0 Å². The molecule has 0 aliphatic heterocycles. The summed E-state index contributed by atoms with van der Waals surface area (Å²) in [6, 6.07) is 0. The molecule has 1 aliphatic rings. The Labute approximate surface area is 85.3 Å². The van der Waals surface area contributed by atoms with Gasteiger partial charge in [-0.25, -0.2) is 0 Å². The Morgan fingerprint density at radius 3 is 2.17 bits per heavy atom. The van der Waals surface area contributed by atoms with Crippen molar-refractivity contribution in [3.05, 3.63) is 0 Å². The molecule has 0 spiro atoms. The summed E-state index contributed by atoms with van der Waals surface area (Å²) >= 11 is 3.66. The molecule has 1 rings (SSSR count). The average Bonchev–Trinajstić information content (AvgIpc) is 2.73. The zero-order valence-corrected chi connectivity index (χ0v) is 10.2. The van der Waals surface area contributed by atoms with Gasteiger partial charge < -0.3 is 0 Å². The molecule has 2 unspecified atom stereocenters. The zero-order chi connectivity index (χ0) is 9.19. The van der Waals surface area contributed by atoms with Gasteiger partial charge >= 0.3 is 0 Å². The lowest BCUT2D eigenvalue weighted by molar-refractivity contribution is 0.345.